The lowest BCUT2D eigenvalue weighted by Gasteiger charge is -2.42. The Morgan fingerprint density at radius 1 is 1.14 bits per heavy atom. The number of rotatable bonds is 2. The van der Waals surface area contributed by atoms with Gasteiger partial charge in [-0.3, -0.25) is 4.79 Å². The fourth-order valence-electron chi connectivity index (χ4n) is 3.09. The van der Waals surface area contributed by atoms with Crippen LogP contribution in [-0.2, 0) is 4.79 Å². The first kappa shape index (κ1) is 13.8. The van der Waals surface area contributed by atoms with Gasteiger partial charge in [-0.05, 0) is 12.1 Å². The zero-order valence-corrected chi connectivity index (χ0v) is 13.1. The summed E-state index contributed by atoms with van der Waals surface area (Å²) < 4.78 is 0. The summed E-state index contributed by atoms with van der Waals surface area (Å²) in [5.74, 6) is 3.52. The van der Waals surface area contributed by atoms with Crippen molar-refractivity contribution in [2.75, 3.05) is 42.6 Å². The number of carbonyl (C=O) groups is 1. The van der Waals surface area contributed by atoms with Gasteiger partial charge in [-0.25, -0.2) is 9.97 Å². The molecule has 1 amide bonds. The van der Waals surface area contributed by atoms with E-state index in [0.717, 1.165) is 54.4 Å². The van der Waals surface area contributed by atoms with Crippen molar-refractivity contribution < 1.29 is 4.79 Å². The minimum Gasteiger partial charge on any atom is -0.354 e. The van der Waals surface area contributed by atoms with Gasteiger partial charge in [-0.1, -0.05) is 12.1 Å². The van der Waals surface area contributed by atoms with Gasteiger partial charge < -0.3 is 9.80 Å². The number of anilines is 1. The first-order chi connectivity index (χ1) is 10.8. The summed E-state index contributed by atoms with van der Waals surface area (Å²) in [6, 6.07) is 8.02. The van der Waals surface area contributed by atoms with Gasteiger partial charge in [0.05, 0.1) is 11.4 Å². The van der Waals surface area contributed by atoms with E-state index in [1.165, 1.54) is 0 Å². The number of amides is 1. The van der Waals surface area contributed by atoms with Crippen LogP contribution in [0.15, 0.2) is 30.6 Å². The molecule has 114 valence electrons. The molecule has 0 unspecified atom stereocenters. The molecule has 0 saturated carbocycles. The second-order valence-electron chi connectivity index (χ2n) is 5.75. The Hall–Kier alpha value is -1.82. The largest absolute Gasteiger partial charge is 0.354 e. The molecule has 0 aliphatic carbocycles. The zero-order chi connectivity index (χ0) is 14.9. The number of aromatic nitrogens is 2. The molecule has 0 N–H and O–H groups in total. The number of benzene rings is 1. The number of nitrogens with zero attached hydrogens (tertiary/aromatic N) is 4. The molecule has 6 heteroatoms. The van der Waals surface area contributed by atoms with Crippen molar-refractivity contribution in [3.05, 3.63) is 30.6 Å². The van der Waals surface area contributed by atoms with Gasteiger partial charge in [0.15, 0.2) is 0 Å². The second kappa shape index (κ2) is 5.76. The van der Waals surface area contributed by atoms with E-state index in [9.17, 15) is 4.79 Å². The highest BCUT2D eigenvalue weighted by atomic mass is 32.2. The smallest absolute Gasteiger partial charge is 0.229 e. The maximum absolute atomic E-state index is 12.5. The minimum atomic E-state index is 0.122. The van der Waals surface area contributed by atoms with Crippen LogP contribution in [0.3, 0.4) is 0 Å². The topological polar surface area (TPSA) is 49.3 Å². The molecule has 2 aliphatic heterocycles. The zero-order valence-electron chi connectivity index (χ0n) is 12.3. The predicted molar refractivity (Wildman–Crippen MR) is 89.1 cm³/mol. The van der Waals surface area contributed by atoms with Gasteiger partial charge in [0.1, 0.15) is 12.1 Å². The Labute approximate surface area is 133 Å². The number of carbonyl (C=O) groups excluding carboxylic acids is 1. The van der Waals surface area contributed by atoms with E-state index in [4.69, 9.17) is 0 Å². The van der Waals surface area contributed by atoms with Crippen molar-refractivity contribution in [2.45, 2.75) is 0 Å². The fourth-order valence-corrected chi connectivity index (χ4v) is 4.00. The van der Waals surface area contributed by atoms with Crippen LogP contribution in [0.1, 0.15) is 0 Å². The van der Waals surface area contributed by atoms with Gasteiger partial charge in [0.2, 0.25) is 5.91 Å². The average molecular weight is 314 g/mol. The van der Waals surface area contributed by atoms with Crippen molar-refractivity contribution in [1.82, 2.24) is 14.9 Å². The molecule has 1 aromatic heterocycles. The number of para-hydroxylation sites is 1. The normalized spacial score (nSPS) is 19.3. The Morgan fingerprint density at radius 3 is 2.73 bits per heavy atom. The Morgan fingerprint density at radius 2 is 1.91 bits per heavy atom. The third-order valence-electron chi connectivity index (χ3n) is 4.37. The lowest BCUT2D eigenvalue weighted by Crippen LogP contribution is -2.56. The van der Waals surface area contributed by atoms with Crippen LogP contribution in [0, 0.1) is 5.92 Å². The van der Waals surface area contributed by atoms with Gasteiger partial charge in [0.25, 0.3) is 0 Å². The van der Waals surface area contributed by atoms with Crippen molar-refractivity contribution in [3.8, 4) is 0 Å². The van der Waals surface area contributed by atoms with Crippen LogP contribution in [0.25, 0.3) is 10.9 Å². The van der Waals surface area contributed by atoms with E-state index >= 15 is 0 Å². The van der Waals surface area contributed by atoms with Crippen molar-refractivity contribution in [2.24, 2.45) is 5.92 Å². The van der Waals surface area contributed by atoms with E-state index in [1.807, 2.05) is 40.9 Å². The van der Waals surface area contributed by atoms with Crippen LogP contribution in [-0.4, -0.2) is 58.5 Å². The van der Waals surface area contributed by atoms with Crippen LogP contribution in [0.5, 0.6) is 0 Å². The van der Waals surface area contributed by atoms with E-state index in [0.29, 0.717) is 5.91 Å². The lowest BCUT2D eigenvalue weighted by atomic mass is 9.97. The molecule has 2 aromatic rings. The number of hydrogen-bond donors (Lipinski definition) is 0. The highest BCUT2D eigenvalue weighted by molar-refractivity contribution is 7.99. The monoisotopic (exact) mass is 314 g/mol. The SMILES string of the molecule is O=C(C1CN(c2ncnc3ccccc23)C1)N1CCSCC1. The summed E-state index contributed by atoms with van der Waals surface area (Å²) in [7, 11) is 0. The molecule has 5 nitrogen and oxygen atoms in total. The molecule has 2 fully saturated rings. The molecule has 2 aliphatic rings. The van der Waals surface area contributed by atoms with E-state index in [-0.39, 0.29) is 5.92 Å². The van der Waals surface area contributed by atoms with E-state index < -0.39 is 0 Å². The highest BCUT2D eigenvalue weighted by Crippen LogP contribution is 2.29. The lowest BCUT2D eigenvalue weighted by molar-refractivity contribution is -0.135. The summed E-state index contributed by atoms with van der Waals surface area (Å²) in [5.41, 5.74) is 0.954. The van der Waals surface area contributed by atoms with Crippen molar-refractivity contribution in [1.29, 1.82) is 0 Å². The van der Waals surface area contributed by atoms with E-state index in [1.54, 1.807) is 6.33 Å². The molecule has 3 heterocycles. The molecule has 4 rings (SSSR count). The molecule has 2 saturated heterocycles. The predicted octanol–water partition coefficient (Wildman–Crippen LogP) is 1.64. The number of hydrogen-bond acceptors (Lipinski definition) is 5. The van der Waals surface area contributed by atoms with Gasteiger partial charge in [0, 0.05) is 43.1 Å². The Balaban J connectivity index is 1.47. The van der Waals surface area contributed by atoms with Gasteiger partial charge >= 0.3 is 0 Å². The second-order valence-corrected chi connectivity index (χ2v) is 6.98. The molecule has 22 heavy (non-hydrogen) atoms. The standard InChI is InChI=1S/C16H18N4OS/c21-16(19-5-7-22-8-6-19)12-9-20(10-12)15-13-3-1-2-4-14(13)17-11-18-15/h1-4,11-12H,5-10H2. The highest BCUT2D eigenvalue weighted by Gasteiger charge is 2.36. The summed E-state index contributed by atoms with van der Waals surface area (Å²) in [6.07, 6.45) is 1.61. The van der Waals surface area contributed by atoms with Crippen LogP contribution >= 0.6 is 11.8 Å². The van der Waals surface area contributed by atoms with Crippen molar-refractivity contribution in [3.63, 3.8) is 0 Å². The van der Waals surface area contributed by atoms with Crippen molar-refractivity contribution >= 4 is 34.4 Å². The molecule has 0 atom stereocenters. The number of thioether (sulfide) groups is 1. The Bertz CT molecular complexity index is 690. The third kappa shape index (κ3) is 2.41. The first-order valence-electron chi connectivity index (χ1n) is 7.64. The number of fused-ring (bicyclic) bond motifs is 1. The molecule has 0 spiro atoms. The maximum atomic E-state index is 12.5. The Kier molecular flexibility index (Phi) is 3.62. The molecular weight excluding hydrogens is 296 g/mol. The molecule has 0 radical (unpaired) electrons. The summed E-state index contributed by atoms with van der Waals surface area (Å²) >= 11 is 1.93. The maximum Gasteiger partial charge on any atom is 0.229 e. The molecular formula is C16H18N4OS. The van der Waals surface area contributed by atoms with Crippen LogP contribution in [0.2, 0.25) is 0 Å². The van der Waals surface area contributed by atoms with Crippen LogP contribution < -0.4 is 4.90 Å². The minimum absolute atomic E-state index is 0.122. The van der Waals surface area contributed by atoms with Crippen LogP contribution in [0.4, 0.5) is 5.82 Å². The molecule has 0 bridgehead atoms. The quantitative estimate of drug-likeness (QED) is 0.843. The average Bonchev–Trinajstić information content (AvgIpc) is 2.54. The van der Waals surface area contributed by atoms with Gasteiger partial charge in [-0.15, -0.1) is 0 Å². The van der Waals surface area contributed by atoms with Gasteiger partial charge in [-0.2, -0.15) is 11.8 Å². The fraction of sp³-hybridized carbons (Fsp3) is 0.438. The summed E-state index contributed by atoms with van der Waals surface area (Å²) in [5, 5.41) is 1.06. The summed E-state index contributed by atoms with van der Waals surface area (Å²) in [6.45, 7) is 3.33. The van der Waals surface area contributed by atoms with E-state index in [2.05, 4.69) is 14.9 Å². The first-order valence-corrected chi connectivity index (χ1v) is 8.79. The summed E-state index contributed by atoms with van der Waals surface area (Å²) in [4.78, 5) is 25.4. The molecule has 1 aromatic carbocycles. The third-order valence-corrected chi connectivity index (χ3v) is 5.32.